The van der Waals surface area contributed by atoms with Crippen molar-refractivity contribution in [2.75, 3.05) is 18.6 Å². The van der Waals surface area contributed by atoms with E-state index in [2.05, 4.69) is 42.2 Å². The number of carbonyl (C=O) groups excluding carboxylic acids is 2. The molecule has 8 heteroatoms. The van der Waals surface area contributed by atoms with E-state index in [4.69, 9.17) is 12.2 Å². The molecule has 5 nitrogen and oxygen atoms in total. The van der Waals surface area contributed by atoms with Gasteiger partial charge in [0.05, 0.1) is 6.67 Å². The highest BCUT2D eigenvalue weighted by molar-refractivity contribution is 8.48. The van der Waals surface area contributed by atoms with Gasteiger partial charge in [-0.3, -0.25) is 14.5 Å². The van der Waals surface area contributed by atoms with Crippen LogP contribution in [0, 0.1) is 0 Å². The van der Waals surface area contributed by atoms with Gasteiger partial charge in [-0.1, -0.05) is 85.5 Å². The average molecular weight is 498 g/mol. The summed E-state index contributed by atoms with van der Waals surface area (Å²) in [5.41, 5.74) is 3.31. The number of fused-ring (bicyclic) bond motifs is 4. The van der Waals surface area contributed by atoms with Gasteiger partial charge in [-0.2, -0.15) is 0 Å². The molecule has 4 aliphatic heterocycles. The monoisotopic (exact) mass is 497 g/mol. The van der Waals surface area contributed by atoms with Gasteiger partial charge in [0.25, 0.3) is 11.8 Å². The standard InChI is InChI=1S/C25H27N3O2S3/c1-4-10-17-15-25-22(30)26(3)24(2,32-23(31)33-25)21(29)28(25)16-27(18-11-6-5-7-12-18)20-14-9-8-13-19(17)20/h5-9,11-14,17H,4,10,15-16H2,1-3H3/t17?,24-,25?/m1/s1. The summed E-state index contributed by atoms with van der Waals surface area (Å²) < 4.78 is 0.654. The first kappa shape index (κ1) is 22.7. The largest absolute Gasteiger partial charge is 0.323 e. The first-order chi connectivity index (χ1) is 15.8. The van der Waals surface area contributed by atoms with Crippen LogP contribution in [0.1, 0.15) is 44.6 Å². The third-order valence-corrected chi connectivity index (χ3v) is 10.1. The number of nitrogens with zero attached hydrogens (tertiary/aromatic N) is 3. The lowest BCUT2D eigenvalue weighted by atomic mass is 9.84. The first-order valence-corrected chi connectivity index (χ1v) is 13.3. The second-order valence-electron chi connectivity index (χ2n) is 8.97. The predicted molar refractivity (Wildman–Crippen MR) is 141 cm³/mol. The minimum atomic E-state index is -1.05. The van der Waals surface area contributed by atoms with Crippen molar-refractivity contribution in [3.05, 3.63) is 60.2 Å². The van der Waals surface area contributed by atoms with Crippen molar-refractivity contribution >= 4 is 62.5 Å². The highest BCUT2D eigenvalue weighted by atomic mass is 32.2. The van der Waals surface area contributed by atoms with Crippen LogP contribution in [0.25, 0.3) is 0 Å². The van der Waals surface area contributed by atoms with Gasteiger partial charge >= 0.3 is 0 Å². The number of thioether (sulfide) groups is 2. The van der Waals surface area contributed by atoms with Crippen molar-refractivity contribution in [1.82, 2.24) is 9.80 Å². The summed E-state index contributed by atoms with van der Waals surface area (Å²) in [5.74, 6) is 0.0288. The predicted octanol–water partition coefficient (Wildman–Crippen LogP) is 5.55. The molecular weight excluding hydrogens is 470 g/mol. The smallest absolute Gasteiger partial charge is 0.262 e. The lowest BCUT2D eigenvalue weighted by Crippen LogP contribution is -2.73. The molecule has 6 rings (SSSR count). The Bertz CT molecular complexity index is 1130. The lowest BCUT2D eigenvalue weighted by Gasteiger charge is -2.54. The van der Waals surface area contributed by atoms with E-state index in [-0.39, 0.29) is 17.7 Å². The molecule has 1 spiro atoms. The van der Waals surface area contributed by atoms with E-state index in [1.54, 1.807) is 11.9 Å². The van der Waals surface area contributed by atoms with E-state index in [0.29, 0.717) is 16.6 Å². The van der Waals surface area contributed by atoms with Crippen molar-refractivity contribution in [3.63, 3.8) is 0 Å². The van der Waals surface area contributed by atoms with Crippen LogP contribution in [0.3, 0.4) is 0 Å². The quantitative estimate of drug-likeness (QED) is 0.518. The summed E-state index contributed by atoms with van der Waals surface area (Å²) in [7, 11) is 1.75. The maximum Gasteiger partial charge on any atom is 0.262 e. The van der Waals surface area contributed by atoms with E-state index < -0.39 is 9.74 Å². The number of rotatable bonds is 3. The summed E-state index contributed by atoms with van der Waals surface area (Å²) in [6.45, 7) is 4.29. The summed E-state index contributed by atoms with van der Waals surface area (Å²) in [4.78, 5) is 31.7. The summed E-state index contributed by atoms with van der Waals surface area (Å²) in [5, 5.41) is 0. The minimum Gasteiger partial charge on any atom is -0.323 e. The van der Waals surface area contributed by atoms with Crippen molar-refractivity contribution in [1.29, 1.82) is 0 Å². The van der Waals surface area contributed by atoms with E-state index in [9.17, 15) is 9.59 Å². The topological polar surface area (TPSA) is 43.9 Å². The molecule has 3 atom stereocenters. The van der Waals surface area contributed by atoms with Crippen LogP contribution in [-0.4, -0.2) is 48.6 Å². The Morgan fingerprint density at radius 3 is 2.45 bits per heavy atom. The van der Waals surface area contributed by atoms with Crippen molar-refractivity contribution < 1.29 is 9.59 Å². The van der Waals surface area contributed by atoms with Crippen LogP contribution >= 0.6 is 35.7 Å². The molecule has 0 radical (unpaired) electrons. The Kier molecular flexibility index (Phi) is 5.74. The summed E-state index contributed by atoms with van der Waals surface area (Å²) in [6, 6.07) is 18.5. The zero-order chi connectivity index (χ0) is 23.4. The van der Waals surface area contributed by atoms with Crippen LogP contribution in [0.4, 0.5) is 11.4 Å². The first-order valence-electron chi connectivity index (χ1n) is 11.3. The fourth-order valence-corrected chi connectivity index (χ4v) is 9.00. The molecule has 3 fully saturated rings. The van der Waals surface area contributed by atoms with Gasteiger partial charge < -0.3 is 9.80 Å². The van der Waals surface area contributed by atoms with Gasteiger partial charge in [0.15, 0.2) is 9.74 Å². The number of likely N-dealkylation sites (N-methyl/N-ethyl adjacent to an activating group) is 1. The highest BCUT2D eigenvalue weighted by Gasteiger charge is 2.65. The van der Waals surface area contributed by atoms with Crippen molar-refractivity contribution in [3.8, 4) is 0 Å². The second-order valence-corrected chi connectivity index (χ2v) is 12.9. The summed E-state index contributed by atoms with van der Waals surface area (Å²) >= 11 is 8.45. The van der Waals surface area contributed by atoms with Gasteiger partial charge in [-0.25, -0.2) is 0 Å². The maximum absolute atomic E-state index is 14.1. The number of anilines is 2. The van der Waals surface area contributed by atoms with Crippen molar-refractivity contribution in [2.45, 2.75) is 48.8 Å². The molecule has 2 bridgehead atoms. The Morgan fingerprint density at radius 2 is 1.73 bits per heavy atom. The van der Waals surface area contributed by atoms with Crippen LogP contribution < -0.4 is 4.90 Å². The van der Waals surface area contributed by atoms with E-state index >= 15 is 0 Å². The molecule has 2 aromatic rings. The molecule has 3 saturated heterocycles. The normalized spacial score (nSPS) is 29.4. The molecule has 0 aliphatic carbocycles. The van der Waals surface area contributed by atoms with Crippen LogP contribution in [0.15, 0.2) is 54.6 Å². The van der Waals surface area contributed by atoms with Crippen LogP contribution in [-0.2, 0) is 9.59 Å². The van der Waals surface area contributed by atoms with E-state index in [1.165, 1.54) is 29.1 Å². The fraction of sp³-hybridized carbons (Fsp3) is 0.400. The van der Waals surface area contributed by atoms with E-state index in [1.807, 2.05) is 36.1 Å². The van der Waals surface area contributed by atoms with Gasteiger partial charge in [-0.05, 0) is 49.4 Å². The minimum absolute atomic E-state index is 0.0320. The maximum atomic E-state index is 14.1. The molecule has 0 saturated carbocycles. The molecule has 4 aliphatic rings. The van der Waals surface area contributed by atoms with Crippen LogP contribution in [0.5, 0.6) is 0 Å². The lowest BCUT2D eigenvalue weighted by molar-refractivity contribution is -0.164. The molecule has 172 valence electrons. The van der Waals surface area contributed by atoms with Crippen LogP contribution in [0.2, 0.25) is 0 Å². The Morgan fingerprint density at radius 1 is 1.03 bits per heavy atom. The number of thiocarbonyl (C=S) groups is 1. The van der Waals surface area contributed by atoms with Gasteiger partial charge in [0.2, 0.25) is 0 Å². The number of para-hydroxylation sites is 2. The molecule has 2 amide bonds. The van der Waals surface area contributed by atoms with Gasteiger partial charge in [0.1, 0.15) is 3.53 Å². The van der Waals surface area contributed by atoms with Gasteiger partial charge in [0, 0.05) is 18.4 Å². The molecule has 0 N–H and O–H groups in total. The SMILES string of the molecule is CCCC1CC23SC(=S)S[C@](C)(C(=O)N2CN(c2ccccc2)c2ccccc21)N(C)C3=O. The summed E-state index contributed by atoms with van der Waals surface area (Å²) in [6.07, 6.45) is 2.47. The van der Waals surface area contributed by atoms with Crippen molar-refractivity contribution in [2.24, 2.45) is 0 Å². The zero-order valence-corrected chi connectivity index (χ0v) is 21.4. The van der Waals surface area contributed by atoms with Gasteiger partial charge in [-0.15, -0.1) is 0 Å². The average Bonchev–Trinajstić information content (AvgIpc) is 2.93. The molecular formula is C25H27N3O2S3. The number of carbonyl (C=O) groups is 2. The molecule has 2 unspecified atom stereocenters. The number of hydrogen-bond donors (Lipinski definition) is 0. The number of amides is 2. The molecule has 4 heterocycles. The Labute approximate surface area is 208 Å². The molecule has 2 aromatic carbocycles. The molecule has 0 aromatic heterocycles. The molecule has 33 heavy (non-hydrogen) atoms. The Balaban J connectivity index is 1.77. The second kappa shape index (κ2) is 8.32. The van der Waals surface area contributed by atoms with E-state index in [0.717, 1.165) is 24.2 Å². The highest BCUT2D eigenvalue weighted by Crippen LogP contribution is 2.57. The number of benzene rings is 2. The Hall–Kier alpha value is -2.03. The zero-order valence-electron chi connectivity index (χ0n) is 19.0. The number of hydrogen-bond acceptors (Lipinski definition) is 6. The number of piperazine rings is 1. The third-order valence-electron chi connectivity index (χ3n) is 7.07. The fourth-order valence-electron chi connectivity index (χ4n) is 5.25. The third kappa shape index (κ3) is 3.41.